The highest BCUT2D eigenvalue weighted by atomic mass is 15.1. The van der Waals surface area contributed by atoms with Crippen LogP contribution in [0.4, 0.5) is 17.2 Å². The van der Waals surface area contributed by atoms with Gasteiger partial charge in [0.2, 0.25) is 0 Å². The van der Waals surface area contributed by atoms with Crippen LogP contribution in [0.2, 0.25) is 0 Å². The Hall–Kier alpha value is -2.23. The Bertz CT molecular complexity index is 489. The Morgan fingerprint density at radius 3 is 2.29 bits per heavy atom. The molecule has 4 heteroatoms. The summed E-state index contributed by atoms with van der Waals surface area (Å²) in [6.45, 7) is 0. The molecule has 0 saturated heterocycles. The Morgan fingerprint density at radius 2 is 1.71 bits per heavy atom. The first-order valence-corrected chi connectivity index (χ1v) is 5.36. The van der Waals surface area contributed by atoms with Gasteiger partial charge in [0, 0.05) is 26.0 Å². The average molecular weight is 226 g/mol. The van der Waals surface area contributed by atoms with Crippen LogP contribution in [-0.4, -0.2) is 19.1 Å². The number of rotatable bonds is 3. The predicted molar refractivity (Wildman–Crippen MR) is 69.2 cm³/mol. The second kappa shape index (κ2) is 5.21. The van der Waals surface area contributed by atoms with Gasteiger partial charge in [0.25, 0.3) is 0 Å². The van der Waals surface area contributed by atoms with Gasteiger partial charge in [0.15, 0.2) is 5.82 Å². The van der Waals surface area contributed by atoms with Crippen LogP contribution in [0.15, 0.2) is 58.9 Å². The number of hydrogen-bond acceptors (Lipinski definition) is 4. The third-order valence-corrected chi connectivity index (χ3v) is 2.28. The molecule has 0 aliphatic heterocycles. The summed E-state index contributed by atoms with van der Waals surface area (Å²) in [7, 11) is 4.01. The van der Waals surface area contributed by atoms with Crippen LogP contribution in [0, 0.1) is 0 Å². The zero-order valence-electron chi connectivity index (χ0n) is 9.91. The van der Waals surface area contributed by atoms with Crippen LogP contribution in [0.25, 0.3) is 0 Å². The molecular weight excluding hydrogens is 212 g/mol. The molecule has 0 aliphatic carbocycles. The molecule has 0 spiro atoms. The van der Waals surface area contributed by atoms with E-state index in [1.807, 2.05) is 61.5 Å². The van der Waals surface area contributed by atoms with Gasteiger partial charge in [-0.2, -0.15) is 0 Å². The van der Waals surface area contributed by atoms with Gasteiger partial charge < -0.3 is 4.90 Å². The highest BCUT2D eigenvalue weighted by Crippen LogP contribution is 2.19. The molecule has 0 atom stereocenters. The van der Waals surface area contributed by atoms with Crippen molar-refractivity contribution in [2.45, 2.75) is 0 Å². The first-order valence-electron chi connectivity index (χ1n) is 5.36. The molecule has 0 bridgehead atoms. The van der Waals surface area contributed by atoms with Gasteiger partial charge in [-0.3, -0.25) is 0 Å². The maximum absolute atomic E-state index is 4.12. The molecule has 86 valence electrons. The second-order valence-electron chi connectivity index (χ2n) is 3.80. The minimum absolute atomic E-state index is 0.615. The molecule has 17 heavy (non-hydrogen) atoms. The minimum atomic E-state index is 0.615. The van der Waals surface area contributed by atoms with Crippen LogP contribution in [0.5, 0.6) is 0 Å². The van der Waals surface area contributed by atoms with Gasteiger partial charge in [-0.25, -0.2) is 4.98 Å². The van der Waals surface area contributed by atoms with Crippen LogP contribution in [0.1, 0.15) is 0 Å². The molecule has 1 aromatic heterocycles. The summed E-state index contributed by atoms with van der Waals surface area (Å²) in [6.07, 6.45) is 1.70. The van der Waals surface area contributed by atoms with Crippen molar-refractivity contribution in [1.82, 2.24) is 4.98 Å². The highest BCUT2D eigenvalue weighted by molar-refractivity contribution is 5.51. The fourth-order valence-corrected chi connectivity index (χ4v) is 1.34. The van der Waals surface area contributed by atoms with Crippen LogP contribution in [-0.2, 0) is 0 Å². The van der Waals surface area contributed by atoms with Crippen molar-refractivity contribution in [2.24, 2.45) is 10.2 Å². The second-order valence-corrected chi connectivity index (χ2v) is 3.80. The van der Waals surface area contributed by atoms with Gasteiger partial charge >= 0.3 is 0 Å². The smallest absolute Gasteiger partial charge is 0.174 e. The molecule has 0 unspecified atom stereocenters. The summed E-state index contributed by atoms with van der Waals surface area (Å²) in [5.74, 6) is 0.615. The molecule has 2 rings (SSSR count). The van der Waals surface area contributed by atoms with E-state index < -0.39 is 0 Å². The lowest BCUT2D eigenvalue weighted by atomic mass is 10.3. The van der Waals surface area contributed by atoms with Gasteiger partial charge in [0.1, 0.15) is 0 Å². The summed E-state index contributed by atoms with van der Waals surface area (Å²) < 4.78 is 0. The van der Waals surface area contributed by atoms with E-state index in [4.69, 9.17) is 0 Å². The summed E-state index contributed by atoms with van der Waals surface area (Å²) in [4.78, 5) is 6.11. The fraction of sp³-hybridized carbons (Fsp3) is 0.154. The monoisotopic (exact) mass is 226 g/mol. The van der Waals surface area contributed by atoms with Crippen molar-refractivity contribution in [3.05, 3.63) is 48.7 Å². The van der Waals surface area contributed by atoms with E-state index >= 15 is 0 Å². The van der Waals surface area contributed by atoms with E-state index in [0.29, 0.717) is 5.82 Å². The maximum Gasteiger partial charge on any atom is 0.174 e. The molecule has 1 heterocycles. The lowest BCUT2D eigenvalue weighted by Gasteiger charge is -2.11. The Balaban J connectivity index is 2.12. The van der Waals surface area contributed by atoms with E-state index in [1.54, 1.807) is 6.20 Å². The Kier molecular flexibility index (Phi) is 3.45. The quantitative estimate of drug-likeness (QED) is 0.751. The fourth-order valence-electron chi connectivity index (χ4n) is 1.34. The van der Waals surface area contributed by atoms with Crippen molar-refractivity contribution in [3.63, 3.8) is 0 Å². The minimum Gasteiger partial charge on any atom is -0.378 e. The molecule has 4 nitrogen and oxygen atoms in total. The summed E-state index contributed by atoms with van der Waals surface area (Å²) >= 11 is 0. The molecule has 0 radical (unpaired) electrons. The van der Waals surface area contributed by atoms with Crippen molar-refractivity contribution >= 4 is 17.2 Å². The number of anilines is 1. The Labute approximate surface area is 101 Å². The van der Waals surface area contributed by atoms with Gasteiger partial charge in [-0.1, -0.05) is 6.07 Å². The van der Waals surface area contributed by atoms with Crippen LogP contribution in [0.3, 0.4) is 0 Å². The largest absolute Gasteiger partial charge is 0.378 e. The normalized spacial score (nSPS) is 10.7. The molecule has 0 amide bonds. The van der Waals surface area contributed by atoms with E-state index in [0.717, 1.165) is 11.4 Å². The zero-order chi connectivity index (χ0) is 12.1. The molecule has 0 saturated carbocycles. The lowest BCUT2D eigenvalue weighted by molar-refractivity contribution is 1.12. The van der Waals surface area contributed by atoms with E-state index in [1.165, 1.54) is 0 Å². The van der Waals surface area contributed by atoms with Crippen molar-refractivity contribution in [2.75, 3.05) is 19.0 Å². The number of pyridine rings is 1. The van der Waals surface area contributed by atoms with Gasteiger partial charge in [-0.15, -0.1) is 10.2 Å². The predicted octanol–water partition coefficient (Wildman–Crippen LogP) is 3.56. The van der Waals surface area contributed by atoms with Crippen LogP contribution < -0.4 is 4.90 Å². The highest BCUT2D eigenvalue weighted by Gasteiger charge is 1.95. The summed E-state index contributed by atoms with van der Waals surface area (Å²) in [6, 6.07) is 13.4. The van der Waals surface area contributed by atoms with E-state index in [2.05, 4.69) is 15.2 Å². The number of hydrogen-bond donors (Lipinski definition) is 0. The third-order valence-electron chi connectivity index (χ3n) is 2.28. The zero-order valence-corrected chi connectivity index (χ0v) is 9.91. The van der Waals surface area contributed by atoms with Crippen molar-refractivity contribution in [1.29, 1.82) is 0 Å². The van der Waals surface area contributed by atoms with E-state index in [9.17, 15) is 0 Å². The summed E-state index contributed by atoms with van der Waals surface area (Å²) in [5, 5.41) is 8.17. The first kappa shape index (κ1) is 11.3. The van der Waals surface area contributed by atoms with E-state index in [-0.39, 0.29) is 0 Å². The van der Waals surface area contributed by atoms with Crippen molar-refractivity contribution in [3.8, 4) is 0 Å². The number of azo groups is 1. The lowest BCUT2D eigenvalue weighted by Crippen LogP contribution is -2.07. The standard InChI is InChI=1S/C13H14N4/c1-17(2)12-8-6-11(7-9-12)15-16-13-5-3-4-10-14-13/h3-10H,1-2H3/b16-15-. The van der Waals surface area contributed by atoms with Crippen molar-refractivity contribution < 1.29 is 0 Å². The SMILES string of the molecule is CN(C)c1ccc(/N=N\c2ccccn2)cc1. The number of benzene rings is 1. The first-order chi connectivity index (χ1) is 8.25. The Morgan fingerprint density at radius 1 is 0.941 bits per heavy atom. The molecule has 0 N–H and O–H groups in total. The van der Waals surface area contributed by atoms with Gasteiger partial charge in [-0.05, 0) is 36.4 Å². The average Bonchev–Trinajstić information content (AvgIpc) is 2.38. The molecule has 1 aromatic carbocycles. The maximum atomic E-state index is 4.12. The number of nitrogens with zero attached hydrogens (tertiary/aromatic N) is 4. The molecule has 0 aliphatic rings. The molecule has 0 fully saturated rings. The molecule has 2 aromatic rings. The van der Waals surface area contributed by atoms with Crippen LogP contribution >= 0.6 is 0 Å². The molecular formula is C13H14N4. The third kappa shape index (κ3) is 3.11. The number of aromatic nitrogens is 1. The topological polar surface area (TPSA) is 40.9 Å². The van der Waals surface area contributed by atoms with Gasteiger partial charge in [0.05, 0.1) is 5.69 Å². The summed E-state index contributed by atoms with van der Waals surface area (Å²) in [5.41, 5.74) is 1.96.